The lowest BCUT2D eigenvalue weighted by Crippen LogP contribution is -1.99. The zero-order valence-electron chi connectivity index (χ0n) is 8.33. The second-order valence-electron chi connectivity index (χ2n) is 3.30. The first-order valence-electron chi connectivity index (χ1n) is 4.16. The van der Waals surface area contributed by atoms with Crippen molar-refractivity contribution in [1.29, 1.82) is 5.26 Å². The molecule has 0 fully saturated rings. The number of hydrogen-bond acceptors (Lipinski definition) is 1. The number of nitrogens with zero attached hydrogens (tertiary/aromatic N) is 1. The minimum Gasteiger partial charge on any atom is -0.192 e. The maximum atomic E-state index is 8.99. The van der Waals surface area contributed by atoms with E-state index in [2.05, 4.69) is 42.5 Å². The summed E-state index contributed by atoms with van der Waals surface area (Å²) in [6.07, 6.45) is 0. The summed E-state index contributed by atoms with van der Waals surface area (Å²) in [6, 6.07) is 2.27. The molecule has 2 heteroatoms. The van der Waals surface area contributed by atoms with Crippen molar-refractivity contribution in [3.63, 3.8) is 0 Å². The van der Waals surface area contributed by atoms with Crippen LogP contribution in [0.4, 0.5) is 0 Å². The Morgan fingerprint density at radius 1 is 0.923 bits per heavy atom. The highest BCUT2D eigenvalue weighted by Gasteiger charge is 2.11. The van der Waals surface area contributed by atoms with Gasteiger partial charge in [0.25, 0.3) is 0 Å². The molecule has 0 heterocycles. The molecular weight excluding hydrogens is 273 g/mol. The molecular formula is C11H12IN. The van der Waals surface area contributed by atoms with Gasteiger partial charge in [0, 0.05) is 3.57 Å². The summed E-state index contributed by atoms with van der Waals surface area (Å²) in [6.45, 7) is 8.22. The van der Waals surface area contributed by atoms with Crippen molar-refractivity contribution in [3.05, 3.63) is 31.4 Å². The van der Waals surface area contributed by atoms with Crippen molar-refractivity contribution in [2.45, 2.75) is 27.7 Å². The molecule has 0 spiro atoms. The summed E-state index contributed by atoms with van der Waals surface area (Å²) < 4.78 is 1.22. The van der Waals surface area contributed by atoms with Gasteiger partial charge in [0.15, 0.2) is 0 Å². The number of nitriles is 1. The Labute approximate surface area is 92.9 Å². The van der Waals surface area contributed by atoms with Crippen LogP contribution < -0.4 is 0 Å². The Bertz CT molecular complexity index is 371. The van der Waals surface area contributed by atoms with Crippen LogP contribution in [0.25, 0.3) is 0 Å². The Kier molecular flexibility index (Phi) is 2.97. The van der Waals surface area contributed by atoms with Crippen molar-refractivity contribution in [3.8, 4) is 6.07 Å². The van der Waals surface area contributed by atoms with Gasteiger partial charge in [0.05, 0.1) is 11.6 Å². The van der Waals surface area contributed by atoms with Crippen LogP contribution in [0.15, 0.2) is 0 Å². The molecule has 1 aromatic carbocycles. The van der Waals surface area contributed by atoms with Crippen LogP contribution in [-0.2, 0) is 0 Å². The number of rotatable bonds is 0. The van der Waals surface area contributed by atoms with Crippen LogP contribution in [0.5, 0.6) is 0 Å². The Morgan fingerprint density at radius 3 is 1.92 bits per heavy atom. The van der Waals surface area contributed by atoms with Gasteiger partial charge in [-0.25, -0.2) is 0 Å². The highest BCUT2D eigenvalue weighted by Crippen LogP contribution is 2.26. The molecule has 0 aromatic heterocycles. The largest absolute Gasteiger partial charge is 0.192 e. The molecule has 0 unspecified atom stereocenters. The molecule has 0 aliphatic carbocycles. The molecule has 0 aliphatic rings. The molecule has 68 valence electrons. The van der Waals surface area contributed by atoms with Crippen molar-refractivity contribution in [2.24, 2.45) is 0 Å². The topological polar surface area (TPSA) is 23.8 Å². The van der Waals surface area contributed by atoms with Crippen molar-refractivity contribution < 1.29 is 0 Å². The normalized spacial score (nSPS) is 9.85. The molecule has 0 saturated carbocycles. The molecule has 0 amide bonds. The summed E-state index contributed by atoms with van der Waals surface area (Å²) in [7, 11) is 0. The summed E-state index contributed by atoms with van der Waals surface area (Å²) >= 11 is 2.31. The van der Waals surface area contributed by atoms with E-state index in [1.807, 2.05) is 13.8 Å². The van der Waals surface area contributed by atoms with E-state index in [-0.39, 0.29) is 0 Å². The van der Waals surface area contributed by atoms with Gasteiger partial charge in [-0.1, -0.05) is 0 Å². The number of benzene rings is 1. The fourth-order valence-corrected chi connectivity index (χ4v) is 2.15. The zero-order valence-corrected chi connectivity index (χ0v) is 10.5. The maximum absolute atomic E-state index is 8.99. The van der Waals surface area contributed by atoms with E-state index in [1.165, 1.54) is 14.7 Å². The Hall–Kier alpha value is -0.560. The zero-order chi connectivity index (χ0) is 10.2. The van der Waals surface area contributed by atoms with Crippen LogP contribution in [0.1, 0.15) is 27.8 Å². The van der Waals surface area contributed by atoms with E-state index in [0.717, 1.165) is 16.7 Å². The molecule has 0 saturated heterocycles. The van der Waals surface area contributed by atoms with E-state index in [0.29, 0.717) is 0 Å². The highest BCUT2D eigenvalue weighted by atomic mass is 127. The van der Waals surface area contributed by atoms with Gasteiger partial charge < -0.3 is 0 Å². The lowest BCUT2D eigenvalue weighted by molar-refractivity contribution is 1.19. The second kappa shape index (κ2) is 3.67. The maximum Gasteiger partial charge on any atom is 0.0997 e. The first kappa shape index (κ1) is 10.5. The van der Waals surface area contributed by atoms with Crippen molar-refractivity contribution in [2.75, 3.05) is 0 Å². The minimum absolute atomic E-state index is 0.840. The smallest absolute Gasteiger partial charge is 0.0997 e. The van der Waals surface area contributed by atoms with E-state index < -0.39 is 0 Å². The van der Waals surface area contributed by atoms with E-state index in [4.69, 9.17) is 5.26 Å². The molecule has 0 bridgehead atoms. The molecule has 1 rings (SSSR count). The fraction of sp³-hybridized carbons (Fsp3) is 0.364. The standard InChI is InChI=1S/C11H12IN/c1-6-7(2)10(5-13)9(4)11(12)8(6)3/h1-4H3. The van der Waals surface area contributed by atoms with E-state index in [1.54, 1.807) is 0 Å². The molecule has 13 heavy (non-hydrogen) atoms. The summed E-state index contributed by atoms with van der Waals surface area (Å²) in [5.74, 6) is 0. The molecule has 0 N–H and O–H groups in total. The van der Waals surface area contributed by atoms with Gasteiger partial charge in [-0.2, -0.15) is 5.26 Å². The van der Waals surface area contributed by atoms with Gasteiger partial charge in [-0.3, -0.25) is 0 Å². The molecule has 0 atom stereocenters. The average Bonchev–Trinajstić information content (AvgIpc) is 2.13. The molecule has 0 radical (unpaired) electrons. The van der Waals surface area contributed by atoms with Crippen LogP contribution in [0.2, 0.25) is 0 Å². The van der Waals surface area contributed by atoms with E-state index >= 15 is 0 Å². The average molecular weight is 285 g/mol. The molecule has 1 aromatic rings. The predicted molar refractivity (Wildman–Crippen MR) is 62.8 cm³/mol. The SMILES string of the molecule is Cc1c(C)c(I)c(C)c(C#N)c1C. The van der Waals surface area contributed by atoms with Gasteiger partial charge in [-0.05, 0) is 72.5 Å². The third-order valence-corrected chi connectivity index (χ3v) is 4.26. The third-order valence-electron chi connectivity index (χ3n) is 2.65. The van der Waals surface area contributed by atoms with E-state index in [9.17, 15) is 0 Å². The van der Waals surface area contributed by atoms with Crippen LogP contribution in [0, 0.1) is 42.6 Å². The summed E-state index contributed by atoms with van der Waals surface area (Å²) in [5, 5.41) is 8.99. The van der Waals surface area contributed by atoms with Crippen molar-refractivity contribution >= 4 is 22.6 Å². The lowest BCUT2D eigenvalue weighted by Gasteiger charge is -2.12. The number of hydrogen-bond donors (Lipinski definition) is 0. The highest BCUT2D eigenvalue weighted by molar-refractivity contribution is 14.1. The fourth-order valence-electron chi connectivity index (χ4n) is 1.47. The molecule has 0 aliphatic heterocycles. The predicted octanol–water partition coefficient (Wildman–Crippen LogP) is 3.40. The van der Waals surface area contributed by atoms with Gasteiger partial charge in [0.1, 0.15) is 0 Å². The summed E-state index contributed by atoms with van der Waals surface area (Å²) in [5.41, 5.74) is 5.62. The summed E-state index contributed by atoms with van der Waals surface area (Å²) in [4.78, 5) is 0. The van der Waals surface area contributed by atoms with Crippen LogP contribution >= 0.6 is 22.6 Å². The van der Waals surface area contributed by atoms with Gasteiger partial charge in [-0.15, -0.1) is 0 Å². The van der Waals surface area contributed by atoms with Gasteiger partial charge >= 0.3 is 0 Å². The van der Waals surface area contributed by atoms with Crippen LogP contribution in [-0.4, -0.2) is 0 Å². The first-order chi connectivity index (χ1) is 6.00. The molecule has 1 nitrogen and oxygen atoms in total. The van der Waals surface area contributed by atoms with Crippen molar-refractivity contribution in [1.82, 2.24) is 0 Å². The first-order valence-corrected chi connectivity index (χ1v) is 5.24. The lowest BCUT2D eigenvalue weighted by atomic mass is 9.95. The van der Waals surface area contributed by atoms with Gasteiger partial charge in [0.2, 0.25) is 0 Å². The Balaban J connectivity index is 3.69. The second-order valence-corrected chi connectivity index (χ2v) is 4.38. The minimum atomic E-state index is 0.840. The number of halogens is 1. The third kappa shape index (κ3) is 1.58. The Morgan fingerprint density at radius 2 is 1.46 bits per heavy atom. The monoisotopic (exact) mass is 285 g/mol. The quantitative estimate of drug-likeness (QED) is 0.670. The van der Waals surface area contributed by atoms with Crippen LogP contribution in [0.3, 0.4) is 0 Å².